The average Bonchev–Trinajstić information content (AvgIpc) is 2.18. The van der Waals surface area contributed by atoms with Crippen LogP contribution in [-0.4, -0.2) is 17.3 Å². The number of hydrogen-bond donors (Lipinski definition) is 3. The van der Waals surface area contributed by atoms with E-state index >= 15 is 0 Å². The van der Waals surface area contributed by atoms with Gasteiger partial charge in [-0.2, -0.15) is 0 Å². The number of thiol groups is 1. The maximum absolute atomic E-state index is 9.21. The third kappa shape index (κ3) is 2.04. The molecule has 0 saturated heterocycles. The summed E-state index contributed by atoms with van der Waals surface area (Å²) in [5.41, 5.74) is 0. The van der Waals surface area contributed by atoms with E-state index in [2.05, 4.69) is 16.4 Å². The molecule has 0 radical (unpaired) electrons. The molecule has 1 aliphatic carbocycles. The van der Waals surface area contributed by atoms with Gasteiger partial charge in [0.15, 0.2) is 0 Å². The summed E-state index contributed by atoms with van der Waals surface area (Å²) in [5.74, 6) is 0. The highest BCUT2D eigenvalue weighted by atomic mass is 33.1. The summed E-state index contributed by atoms with van der Waals surface area (Å²) in [5, 5.41) is 9.21. The number of rotatable bonds is 2. The molecule has 0 amide bonds. The van der Waals surface area contributed by atoms with Gasteiger partial charge in [-0.1, -0.05) is 11.7 Å². The van der Waals surface area contributed by atoms with E-state index in [1.807, 2.05) is 0 Å². The number of hydrogen-bond acceptors (Lipinski definition) is 4. The maximum atomic E-state index is 9.21. The highest BCUT2D eigenvalue weighted by Gasteiger charge is 2.24. The van der Waals surface area contributed by atoms with E-state index in [1.54, 1.807) is 0 Å². The molecule has 0 bridgehead atoms. The van der Waals surface area contributed by atoms with Crippen molar-refractivity contribution in [2.45, 2.75) is 31.4 Å². The summed E-state index contributed by atoms with van der Waals surface area (Å²) in [7, 11) is 1.29. The van der Waals surface area contributed by atoms with E-state index in [0.717, 1.165) is 19.3 Å². The molecular formula is C5H11NOS2. The SMILES string of the molecule is O[C@H]1CCC[C@@H]1NSS. The lowest BCUT2D eigenvalue weighted by Crippen LogP contribution is -2.29. The molecule has 0 heterocycles. The number of aliphatic hydroxyl groups is 1. The van der Waals surface area contributed by atoms with E-state index in [-0.39, 0.29) is 12.1 Å². The van der Waals surface area contributed by atoms with Crippen LogP contribution in [0.2, 0.25) is 0 Å². The highest BCUT2D eigenvalue weighted by Crippen LogP contribution is 2.20. The van der Waals surface area contributed by atoms with Gasteiger partial charge in [-0.05, 0) is 30.2 Å². The Labute approximate surface area is 64.4 Å². The molecule has 0 aromatic rings. The predicted molar refractivity (Wildman–Crippen MR) is 43.4 cm³/mol. The summed E-state index contributed by atoms with van der Waals surface area (Å²) in [6.07, 6.45) is 3.00. The minimum atomic E-state index is -0.148. The van der Waals surface area contributed by atoms with Crippen molar-refractivity contribution in [2.75, 3.05) is 0 Å². The highest BCUT2D eigenvalue weighted by molar-refractivity contribution is 8.67. The number of nitrogens with one attached hydrogen (secondary N) is 1. The Morgan fingerprint density at radius 1 is 1.56 bits per heavy atom. The van der Waals surface area contributed by atoms with Crippen LogP contribution >= 0.6 is 22.6 Å². The van der Waals surface area contributed by atoms with Crippen LogP contribution in [0.3, 0.4) is 0 Å². The van der Waals surface area contributed by atoms with Crippen LogP contribution in [-0.2, 0) is 0 Å². The number of aliphatic hydroxyl groups excluding tert-OH is 1. The molecule has 1 aliphatic rings. The van der Waals surface area contributed by atoms with Gasteiger partial charge in [0.25, 0.3) is 0 Å². The van der Waals surface area contributed by atoms with Gasteiger partial charge < -0.3 is 5.11 Å². The fourth-order valence-electron chi connectivity index (χ4n) is 1.15. The summed E-state index contributed by atoms with van der Waals surface area (Å²) in [6.45, 7) is 0. The van der Waals surface area contributed by atoms with Gasteiger partial charge in [-0.15, -0.1) is 0 Å². The van der Waals surface area contributed by atoms with Crippen LogP contribution in [0.1, 0.15) is 19.3 Å². The second-order valence-corrected chi connectivity index (χ2v) is 3.28. The Hall–Kier alpha value is 0.620. The minimum absolute atomic E-state index is 0.148. The average molecular weight is 165 g/mol. The van der Waals surface area contributed by atoms with Crippen LogP contribution in [0.4, 0.5) is 0 Å². The van der Waals surface area contributed by atoms with Crippen LogP contribution in [0.15, 0.2) is 0 Å². The summed E-state index contributed by atoms with van der Waals surface area (Å²) in [4.78, 5) is 0. The van der Waals surface area contributed by atoms with Gasteiger partial charge in [-0.25, -0.2) is 4.72 Å². The molecule has 0 aliphatic heterocycles. The van der Waals surface area contributed by atoms with Crippen molar-refractivity contribution in [3.63, 3.8) is 0 Å². The maximum Gasteiger partial charge on any atom is 0.0702 e. The van der Waals surface area contributed by atoms with Gasteiger partial charge in [0.1, 0.15) is 0 Å². The monoisotopic (exact) mass is 165 g/mol. The first-order valence-electron chi connectivity index (χ1n) is 3.08. The first kappa shape index (κ1) is 7.72. The minimum Gasteiger partial charge on any atom is -0.391 e. The lowest BCUT2D eigenvalue weighted by molar-refractivity contribution is 0.160. The normalized spacial score (nSPS) is 35.3. The van der Waals surface area contributed by atoms with Gasteiger partial charge in [0.05, 0.1) is 6.10 Å². The van der Waals surface area contributed by atoms with Crippen molar-refractivity contribution < 1.29 is 5.11 Å². The molecule has 1 fully saturated rings. The Bertz CT molecular complexity index is 91.0. The van der Waals surface area contributed by atoms with Crippen molar-refractivity contribution in [1.29, 1.82) is 0 Å². The van der Waals surface area contributed by atoms with Crippen molar-refractivity contribution >= 4 is 22.6 Å². The Kier molecular flexibility index (Phi) is 3.18. The fraction of sp³-hybridized carbons (Fsp3) is 1.00. The molecule has 0 spiro atoms. The Morgan fingerprint density at radius 2 is 2.33 bits per heavy atom. The molecule has 2 N–H and O–H groups in total. The van der Waals surface area contributed by atoms with Crippen LogP contribution < -0.4 is 4.72 Å². The summed E-state index contributed by atoms with van der Waals surface area (Å²) >= 11 is 3.93. The van der Waals surface area contributed by atoms with E-state index in [4.69, 9.17) is 0 Å². The molecule has 4 heteroatoms. The lowest BCUT2D eigenvalue weighted by Gasteiger charge is -2.12. The third-order valence-electron chi connectivity index (χ3n) is 1.68. The smallest absolute Gasteiger partial charge is 0.0702 e. The van der Waals surface area contributed by atoms with Gasteiger partial charge in [0.2, 0.25) is 0 Å². The van der Waals surface area contributed by atoms with E-state index < -0.39 is 0 Å². The summed E-state index contributed by atoms with van der Waals surface area (Å²) < 4.78 is 3.03. The molecule has 2 atom stereocenters. The van der Waals surface area contributed by atoms with Crippen LogP contribution in [0, 0.1) is 0 Å². The van der Waals surface area contributed by atoms with Crippen molar-refractivity contribution in [1.82, 2.24) is 4.72 Å². The first-order valence-corrected chi connectivity index (χ1v) is 4.95. The molecule has 0 aromatic carbocycles. The molecule has 0 unspecified atom stereocenters. The van der Waals surface area contributed by atoms with Crippen molar-refractivity contribution in [3.8, 4) is 0 Å². The summed E-state index contributed by atoms with van der Waals surface area (Å²) in [6, 6.07) is 0.271. The zero-order chi connectivity index (χ0) is 6.69. The van der Waals surface area contributed by atoms with Gasteiger partial charge in [0, 0.05) is 6.04 Å². The molecule has 1 saturated carbocycles. The predicted octanol–water partition coefficient (Wildman–Crippen LogP) is 0.982. The molecular weight excluding hydrogens is 154 g/mol. The molecule has 1 rings (SSSR count). The van der Waals surface area contributed by atoms with E-state index in [1.165, 1.54) is 11.0 Å². The lowest BCUT2D eigenvalue weighted by atomic mass is 10.2. The Morgan fingerprint density at radius 3 is 2.78 bits per heavy atom. The quantitative estimate of drug-likeness (QED) is 0.324. The zero-order valence-corrected chi connectivity index (χ0v) is 6.79. The molecule has 54 valence electrons. The van der Waals surface area contributed by atoms with Crippen molar-refractivity contribution in [2.24, 2.45) is 0 Å². The van der Waals surface area contributed by atoms with Crippen molar-refractivity contribution in [3.05, 3.63) is 0 Å². The fourth-order valence-corrected chi connectivity index (χ4v) is 1.96. The molecule has 0 aromatic heterocycles. The van der Waals surface area contributed by atoms with Crippen LogP contribution in [0.5, 0.6) is 0 Å². The van der Waals surface area contributed by atoms with E-state index in [9.17, 15) is 5.11 Å². The standard InChI is InChI=1S/C5H11NOS2/c7-5-3-1-2-4(5)6-9-8/h4-8H,1-3H2/t4-,5-/m0/s1. The molecule has 9 heavy (non-hydrogen) atoms. The molecule has 2 nitrogen and oxygen atoms in total. The van der Waals surface area contributed by atoms with Crippen LogP contribution in [0.25, 0.3) is 0 Å². The topological polar surface area (TPSA) is 32.3 Å². The van der Waals surface area contributed by atoms with E-state index in [0.29, 0.717) is 0 Å². The first-order chi connectivity index (χ1) is 4.34. The second kappa shape index (κ2) is 3.71. The van der Waals surface area contributed by atoms with Gasteiger partial charge in [-0.3, -0.25) is 0 Å². The largest absolute Gasteiger partial charge is 0.391 e. The zero-order valence-electron chi connectivity index (χ0n) is 5.08. The van der Waals surface area contributed by atoms with Gasteiger partial charge >= 0.3 is 0 Å². The third-order valence-corrected chi connectivity index (χ3v) is 2.41. The Balaban J connectivity index is 2.22. The second-order valence-electron chi connectivity index (χ2n) is 2.31.